The van der Waals surface area contributed by atoms with Crippen LogP contribution in [0.3, 0.4) is 0 Å². The second-order valence-electron chi connectivity index (χ2n) is 4.27. The van der Waals surface area contributed by atoms with E-state index in [1.165, 1.54) is 25.4 Å². The van der Waals surface area contributed by atoms with E-state index in [2.05, 4.69) is 27.7 Å². The summed E-state index contributed by atoms with van der Waals surface area (Å²) in [6, 6.07) is 0. The first-order chi connectivity index (χ1) is 6.09. The maximum Gasteiger partial charge on any atom is -0.00773 e. The van der Waals surface area contributed by atoms with Gasteiger partial charge in [0.05, 0.1) is 0 Å². The van der Waals surface area contributed by atoms with Gasteiger partial charge in [-0.05, 0) is 36.9 Å². The summed E-state index contributed by atoms with van der Waals surface area (Å²) in [7, 11) is 0.264. The highest BCUT2D eigenvalue weighted by molar-refractivity contribution is 7.59. The summed E-state index contributed by atoms with van der Waals surface area (Å²) in [6.07, 6.45) is 5.37. The van der Waals surface area contributed by atoms with Crippen molar-refractivity contribution >= 4 is 7.92 Å². The van der Waals surface area contributed by atoms with Gasteiger partial charge in [-0.1, -0.05) is 34.1 Å². The molecule has 0 radical (unpaired) electrons. The summed E-state index contributed by atoms with van der Waals surface area (Å²) in [5, 5.41) is 0. The predicted octanol–water partition coefficient (Wildman–Crippen LogP) is 3.41. The summed E-state index contributed by atoms with van der Waals surface area (Å²) >= 11 is 0. The van der Waals surface area contributed by atoms with Gasteiger partial charge in [-0.3, -0.25) is 0 Å². The highest BCUT2D eigenvalue weighted by Crippen LogP contribution is 2.46. The lowest BCUT2D eigenvalue weighted by atomic mass is 10.2. The van der Waals surface area contributed by atoms with Gasteiger partial charge >= 0.3 is 0 Å². The third-order valence-corrected chi connectivity index (χ3v) is 5.93. The maximum absolute atomic E-state index is 5.47. The van der Waals surface area contributed by atoms with E-state index in [0.29, 0.717) is 0 Å². The van der Waals surface area contributed by atoms with Gasteiger partial charge < -0.3 is 5.73 Å². The Hall–Kier alpha value is 0.390. The molecule has 0 aromatic carbocycles. The zero-order chi connectivity index (χ0) is 10.3. The van der Waals surface area contributed by atoms with Gasteiger partial charge in [0.25, 0.3) is 0 Å². The van der Waals surface area contributed by atoms with Crippen LogP contribution in [0.2, 0.25) is 0 Å². The van der Waals surface area contributed by atoms with Crippen molar-refractivity contribution in [1.82, 2.24) is 0 Å². The first kappa shape index (κ1) is 13.4. The van der Waals surface area contributed by atoms with Crippen LogP contribution in [0, 0.1) is 0 Å². The molecule has 0 aromatic rings. The van der Waals surface area contributed by atoms with Crippen LogP contribution in [-0.2, 0) is 0 Å². The first-order valence-corrected chi connectivity index (χ1v) is 7.22. The highest BCUT2D eigenvalue weighted by atomic mass is 31.1. The highest BCUT2D eigenvalue weighted by Gasteiger charge is 2.15. The summed E-state index contributed by atoms with van der Waals surface area (Å²) in [4.78, 5) is 0. The molecule has 1 nitrogen and oxygen atoms in total. The molecule has 0 saturated heterocycles. The fourth-order valence-corrected chi connectivity index (χ4v) is 4.54. The molecule has 0 heterocycles. The molecule has 2 N–H and O–H groups in total. The minimum absolute atomic E-state index is 0.264. The Morgan fingerprint density at radius 3 is 1.85 bits per heavy atom. The normalized spacial score (nSPS) is 12.0. The number of rotatable bonds is 7. The number of unbranched alkanes of at least 4 members (excludes halogenated alkanes) is 2. The van der Waals surface area contributed by atoms with Crippen molar-refractivity contribution in [2.75, 3.05) is 12.7 Å². The summed E-state index contributed by atoms with van der Waals surface area (Å²) in [5.41, 5.74) is 7.26. The van der Waals surface area contributed by atoms with Gasteiger partial charge in [0.15, 0.2) is 0 Å². The molecule has 0 amide bonds. The zero-order valence-electron chi connectivity index (χ0n) is 9.71. The van der Waals surface area contributed by atoms with Gasteiger partial charge in [0.2, 0.25) is 0 Å². The van der Waals surface area contributed by atoms with Crippen LogP contribution in [0.5, 0.6) is 0 Å². The third kappa shape index (κ3) is 6.46. The zero-order valence-corrected chi connectivity index (χ0v) is 10.6. The monoisotopic (exact) mass is 203 g/mol. The second kappa shape index (κ2) is 7.76. The largest absolute Gasteiger partial charge is 0.330 e. The minimum Gasteiger partial charge on any atom is -0.330 e. The first-order valence-electron chi connectivity index (χ1n) is 5.55. The molecule has 13 heavy (non-hydrogen) atoms. The van der Waals surface area contributed by atoms with Crippen LogP contribution in [0.15, 0.2) is 0 Å². The van der Waals surface area contributed by atoms with E-state index in [-0.39, 0.29) is 7.92 Å². The lowest BCUT2D eigenvalue weighted by Crippen LogP contribution is -2.07. The van der Waals surface area contributed by atoms with E-state index in [9.17, 15) is 0 Å². The molecule has 0 saturated carbocycles. The van der Waals surface area contributed by atoms with Crippen LogP contribution in [0.25, 0.3) is 0 Å². The Balaban J connectivity index is 3.58. The molecule has 0 aliphatic rings. The minimum atomic E-state index is 0.264. The Kier molecular flexibility index (Phi) is 8.00. The number of hydrogen-bond donors (Lipinski definition) is 1. The molecule has 0 aromatic heterocycles. The third-order valence-electron chi connectivity index (χ3n) is 2.45. The summed E-state index contributed by atoms with van der Waals surface area (Å²) in [6.45, 7) is 10.3. The van der Waals surface area contributed by atoms with Crippen LogP contribution in [-0.4, -0.2) is 24.0 Å². The average Bonchev–Trinajstić information content (AvgIpc) is 2.02. The van der Waals surface area contributed by atoms with Crippen molar-refractivity contribution in [1.29, 1.82) is 0 Å². The van der Waals surface area contributed by atoms with E-state index in [0.717, 1.165) is 17.9 Å². The molecular weight excluding hydrogens is 177 g/mol. The average molecular weight is 203 g/mol. The van der Waals surface area contributed by atoms with Crippen molar-refractivity contribution in [2.45, 2.75) is 58.3 Å². The summed E-state index contributed by atoms with van der Waals surface area (Å²) < 4.78 is 0. The van der Waals surface area contributed by atoms with Crippen LogP contribution in [0.4, 0.5) is 0 Å². The van der Waals surface area contributed by atoms with Gasteiger partial charge in [0, 0.05) is 0 Å². The number of hydrogen-bond acceptors (Lipinski definition) is 1. The van der Waals surface area contributed by atoms with E-state index in [1.54, 1.807) is 0 Å². The smallest absolute Gasteiger partial charge is 0.00773 e. The Bertz CT molecular complexity index is 105. The lowest BCUT2D eigenvalue weighted by Gasteiger charge is -2.25. The Morgan fingerprint density at radius 1 is 0.923 bits per heavy atom. The number of nitrogens with two attached hydrogens (primary N) is 1. The molecule has 0 unspecified atom stereocenters. The van der Waals surface area contributed by atoms with E-state index >= 15 is 0 Å². The Morgan fingerprint density at radius 2 is 1.46 bits per heavy atom. The van der Waals surface area contributed by atoms with Crippen LogP contribution in [0.1, 0.15) is 47.0 Å². The fraction of sp³-hybridized carbons (Fsp3) is 1.00. The molecule has 0 atom stereocenters. The van der Waals surface area contributed by atoms with Crippen LogP contribution >= 0.6 is 7.92 Å². The molecule has 0 bridgehead atoms. The van der Waals surface area contributed by atoms with Crippen molar-refractivity contribution in [3.05, 3.63) is 0 Å². The van der Waals surface area contributed by atoms with Gasteiger partial charge in [-0.15, -0.1) is 7.92 Å². The molecule has 0 spiro atoms. The molecule has 0 aliphatic carbocycles. The van der Waals surface area contributed by atoms with E-state index in [1.807, 2.05) is 0 Å². The van der Waals surface area contributed by atoms with Gasteiger partial charge in [0.1, 0.15) is 0 Å². The molecule has 2 heteroatoms. The molecular formula is C11H26NP. The molecule has 0 fully saturated rings. The Labute approximate surface area is 85.2 Å². The standard InChI is InChI=1S/C11H26NP/c1-10(2)13(11(3)4)9-7-5-6-8-12/h10-11H,5-9,12H2,1-4H3. The van der Waals surface area contributed by atoms with Crippen molar-refractivity contribution < 1.29 is 0 Å². The van der Waals surface area contributed by atoms with Gasteiger partial charge in [-0.25, -0.2) is 0 Å². The lowest BCUT2D eigenvalue weighted by molar-refractivity contribution is 0.727. The van der Waals surface area contributed by atoms with Gasteiger partial charge in [-0.2, -0.15) is 0 Å². The van der Waals surface area contributed by atoms with Crippen molar-refractivity contribution in [2.24, 2.45) is 5.73 Å². The molecule has 80 valence electrons. The predicted molar refractivity (Wildman–Crippen MR) is 65.0 cm³/mol. The van der Waals surface area contributed by atoms with Crippen molar-refractivity contribution in [3.8, 4) is 0 Å². The second-order valence-corrected chi connectivity index (χ2v) is 7.82. The quantitative estimate of drug-likeness (QED) is 0.498. The molecule has 0 aliphatic heterocycles. The fourth-order valence-electron chi connectivity index (χ4n) is 1.73. The van der Waals surface area contributed by atoms with E-state index < -0.39 is 0 Å². The topological polar surface area (TPSA) is 26.0 Å². The maximum atomic E-state index is 5.47. The van der Waals surface area contributed by atoms with Crippen LogP contribution < -0.4 is 5.73 Å². The van der Waals surface area contributed by atoms with E-state index in [4.69, 9.17) is 5.73 Å². The SMILES string of the molecule is CC(C)P(CCCCCN)C(C)C. The van der Waals surface area contributed by atoms with Crippen molar-refractivity contribution in [3.63, 3.8) is 0 Å². The summed E-state index contributed by atoms with van der Waals surface area (Å²) in [5.74, 6) is 0. The molecule has 0 rings (SSSR count).